The summed E-state index contributed by atoms with van der Waals surface area (Å²) in [5.74, 6) is -0.0286. The molecule has 1 saturated carbocycles. The second-order valence-corrected chi connectivity index (χ2v) is 9.59. The first-order chi connectivity index (χ1) is 17.2. The molecule has 2 N–H and O–H groups in total. The summed E-state index contributed by atoms with van der Waals surface area (Å²) in [6.07, 6.45) is 5.41. The molecule has 2 heterocycles. The van der Waals surface area contributed by atoms with Crippen LogP contribution in [0.15, 0.2) is 42.6 Å². The van der Waals surface area contributed by atoms with E-state index in [9.17, 15) is 22.8 Å². The van der Waals surface area contributed by atoms with Crippen molar-refractivity contribution < 1.29 is 22.8 Å². The number of benzene rings is 1. The van der Waals surface area contributed by atoms with Crippen molar-refractivity contribution >= 4 is 34.8 Å². The van der Waals surface area contributed by atoms with Crippen molar-refractivity contribution in [2.75, 3.05) is 18.4 Å². The van der Waals surface area contributed by atoms with Gasteiger partial charge in [0.1, 0.15) is 0 Å². The van der Waals surface area contributed by atoms with Gasteiger partial charge in [0.2, 0.25) is 5.91 Å². The fraction of sp³-hybridized carbons (Fsp3) is 0.423. The Hall–Kier alpha value is -3.07. The van der Waals surface area contributed by atoms with Crippen LogP contribution in [0.3, 0.4) is 0 Å². The highest BCUT2D eigenvalue weighted by Gasteiger charge is 2.30. The number of alkyl halides is 3. The molecular formula is C26H28ClF3N4O2. The Morgan fingerprint density at radius 2 is 1.83 bits per heavy atom. The number of rotatable bonds is 5. The van der Waals surface area contributed by atoms with Crippen molar-refractivity contribution in [3.05, 3.63) is 64.4 Å². The predicted molar refractivity (Wildman–Crippen MR) is 133 cm³/mol. The van der Waals surface area contributed by atoms with Gasteiger partial charge in [-0.15, -0.1) is 0 Å². The van der Waals surface area contributed by atoms with Crippen molar-refractivity contribution in [2.24, 2.45) is 0 Å². The zero-order valence-corrected chi connectivity index (χ0v) is 20.5. The van der Waals surface area contributed by atoms with Crippen molar-refractivity contribution in [1.82, 2.24) is 15.2 Å². The number of pyridine rings is 1. The predicted octanol–water partition coefficient (Wildman–Crippen LogP) is 6.07. The van der Waals surface area contributed by atoms with Crippen LogP contribution in [-0.4, -0.2) is 41.0 Å². The van der Waals surface area contributed by atoms with E-state index >= 15 is 0 Å². The first-order valence-electron chi connectivity index (χ1n) is 12.1. The summed E-state index contributed by atoms with van der Waals surface area (Å²) in [6.45, 7) is 0.715. The number of hydrogen-bond donors (Lipinski definition) is 2. The fourth-order valence-corrected chi connectivity index (χ4v) is 4.85. The number of urea groups is 1. The number of halogens is 4. The number of amides is 3. The molecule has 3 amide bonds. The minimum atomic E-state index is -4.43. The van der Waals surface area contributed by atoms with Gasteiger partial charge in [-0.05, 0) is 60.7 Å². The van der Waals surface area contributed by atoms with Gasteiger partial charge in [0.05, 0.1) is 22.7 Å². The van der Waals surface area contributed by atoms with Crippen molar-refractivity contribution in [3.8, 4) is 0 Å². The van der Waals surface area contributed by atoms with Gasteiger partial charge in [0, 0.05) is 31.0 Å². The second kappa shape index (κ2) is 11.3. The summed E-state index contributed by atoms with van der Waals surface area (Å²) in [7, 11) is 0. The van der Waals surface area contributed by atoms with E-state index in [-0.39, 0.29) is 24.1 Å². The molecule has 4 rings (SSSR count). The lowest BCUT2D eigenvalue weighted by atomic mass is 9.95. The van der Waals surface area contributed by atoms with E-state index in [1.54, 1.807) is 17.2 Å². The Labute approximate surface area is 212 Å². The highest BCUT2D eigenvalue weighted by molar-refractivity contribution is 6.32. The molecule has 1 fully saturated rings. The van der Waals surface area contributed by atoms with Gasteiger partial charge in [-0.3, -0.25) is 9.78 Å². The maximum absolute atomic E-state index is 12.7. The number of carbonyl (C=O) groups excluding carboxylic acids is 2. The van der Waals surface area contributed by atoms with Gasteiger partial charge in [-0.1, -0.05) is 36.9 Å². The first-order valence-corrected chi connectivity index (χ1v) is 12.4. The third kappa shape index (κ3) is 6.78. The number of aromatic nitrogens is 1. The summed E-state index contributed by atoms with van der Waals surface area (Å²) < 4.78 is 38.1. The summed E-state index contributed by atoms with van der Waals surface area (Å²) in [5, 5.41) is 6.16. The third-order valence-electron chi connectivity index (χ3n) is 6.50. The van der Waals surface area contributed by atoms with Gasteiger partial charge < -0.3 is 15.5 Å². The molecule has 1 aliphatic heterocycles. The normalized spacial score (nSPS) is 16.9. The Bertz CT molecular complexity index is 1130. The van der Waals surface area contributed by atoms with Crippen LogP contribution in [0.25, 0.3) is 5.57 Å². The molecular weight excluding hydrogens is 493 g/mol. The van der Waals surface area contributed by atoms with E-state index < -0.39 is 17.8 Å². The number of nitrogens with zero attached hydrogens (tertiary/aromatic N) is 2. The summed E-state index contributed by atoms with van der Waals surface area (Å²) >= 11 is 6.48. The van der Waals surface area contributed by atoms with Gasteiger partial charge in [0.25, 0.3) is 0 Å². The summed E-state index contributed by atoms with van der Waals surface area (Å²) in [6, 6.07) is 5.93. The van der Waals surface area contributed by atoms with Crippen LogP contribution in [-0.2, 0) is 17.4 Å². The monoisotopic (exact) mass is 520 g/mol. The average molecular weight is 521 g/mol. The minimum absolute atomic E-state index is 0.0286. The molecule has 36 heavy (non-hydrogen) atoms. The maximum atomic E-state index is 12.7. The maximum Gasteiger partial charge on any atom is 0.416 e. The highest BCUT2D eigenvalue weighted by atomic mass is 35.5. The van der Waals surface area contributed by atoms with Gasteiger partial charge in [-0.25, -0.2) is 4.79 Å². The molecule has 2 aromatic rings. The first kappa shape index (κ1) is 26.0. The summed E-state index contributed by atoms with van der Waals surface area (Å²) in [4.78, 5) is 30.9. The topological polar surface area (TPSA) is 74.3 Å². The quantitative estimate of drug-likeness (QED) is 0.503. The van der Waals surface area contributed by atoms with Crippen molar-refractivity contribution in [1.29, 1.82) is 0 Å². The molecule has 0 bridgehead atoms. The molecule has 0 spiro atoms. The number of carbonyl (C=O) groups is 2. The number of nitrogens with one attached hydrogen (secondary N) is 2. The zero-order valence-electron chi connectivity index (χ0n) is 19.7. The van der Waals surface area contributed by atoms with E-state index in [0.717, 1.165) is 49.0 Å². The van der Waals surface area contributed by atoms with Gasteiger partial charge in [0.15, 0.2) is 0 Å². The van der Waals surface area contributed by atoms with Crippen LogP contribution in [0, 0.1) is 0 Å². The van der Waals surface area contributed by atoms with Crippen LogP contribution in [0.1, 0.15) is 55.3 Å². The largest absolute Gasteiger partial charge is 0.416 e. The zero-order chi connectivity index (χ0) is 25.7. The SMILES string of the molecule is O=C(Cc1cnc(C2=CCN(C(=O)Nc3ccc(C(F)(F)F)cc3)CC2)c(Cl)c1)NC1CCCCC1. The minimum Gasteiger partial charge on any atom is -0.353 e. The Morgan fingerprint density at radius 3 is 2.44 bits per heavy atom. The molecule has 1 aliphatic carbocycles. The highest BCUT2D eigenvalue weighted by Crippen LogP contribution is 2.30. The molecule has 1 aromatic heterocycles. The molecule has 2 aliphatic rings. The number of anilines is 1. The smallest absolute Gasteiger partial charge is 0.353 e. The number of hydrogen-bond acceptors (Lipinski definition) is 3. The molecule has 6 nitrogen and oxygen atoms in total. The Balaban J connectivity index is 1.31. The average Bonchev–Trinajstić information content (AvgIpc) is 2.84. The van der Waals surface area contributed by atoms with Crippen molar-refractivity contribution in [2.45, 2.75) is 57.2 Å². The molecule has 192 valence electrons. The van der Waals surface area contributed by atoms with Crippen LogP contribution in [0.2, 0.25) is 5.02 Å². The van der Waals surface area contributed by atoms with Gasteiger partial charge in [-0.2, -0.15) is 13.2 Å². The molecule has 0 saturated heterocycles. The standard InChI is InChI=1S/C26H28ClF3N4O2/c27-22-14-17(15-23(35)32-20-4-2-1-3-5-20)16-31-24(22)18-10-12-34(13-11-18)25(36)33-21-8-6-19(7-9-21)26(28,29)30/h6-10,14,16,20H,1-5,11-13,15H2,(H,32,35)(H,33,36). The van der Waals surface area contributed by atoms with Crippen LogP contribution >= 0.6 is 11.6 Å². The van der Waals surface area contributed by atoms with Crippen LogP contribution in [0.4, 0.5) is 23.7 Å². The van der Waals surface area contributed by atoms with E-state index in [0.29, 0.717) is 30.2 Å². The van der Waals surface area contributed by atoms with Crippen LogP contribution in [0.5, 0.6) is 0 Å². The van der Waals surface area contributed by atoms with E-state index in [2.05, 4.69) is 15.6 Å². The molecule has 0 unspecified atom stereocenters. The third-order valence-corrected chi connectivity index (χ3v) is 6.78. The molecule has 1 aromatic carbocycles. The molecule has 10 heteroatoms. The van der Waals surface area contributed by atoms with Crippen molar-refractivity contribution in [3.63, 3.8) is 0 Å². The summed E-state index contributed by atoms with van der Waals surface area (Å²) in [5.41, 5.74) is 1.78. The van der Waals surface area contributed by atoms with Gasteiger partial charge >= 0.3 is 12.2 Å². The van der Waals surface area contributed by atoms with E-state index in [1.807, 2.05) is 6.08 Å². The lowest BCUT2D eigenvalue weighted by Gasteiger charge is -2.27. The fourth-order valence-electron chi connectivity index (χ4n) is 4.54. The van der Waals surface area contributed by atoms with Crippen LogP contribution < -0.4 is 10.6 Å². The Kier molecular flexibility index (Phi) is 8.18. The lowest BCUT2D eigenvalue weighted by Crippen LogP contribution is -2.38. The molecule has 0 radical (unpaired) electrons. The molecule has 0 atom stereocenters. The lowest BCUT2D eigenvalue weighted by molar-refractivity contribution is -0.137. The van der Waals surface area contributed by atoms with E-state index in [4.69, 9.17) is 11.6 Å². The van der Waals surface area contributed by atoms with E-state index in [1.165, 1.54) is 18.6 Å². The Morgan fingerprint density at radius 1 is 1.11 bits per heavy atom. The second-order valence-electron chi connectivity index (χ2n) is 9.18.